The number of hydrogen-bond acceptors (Lipinski definition) is 8. The maximum absolute atomic E-state index is 12.7. The Morgan fingerprint density at radius 1 is 1.15 bits per heavy atom. The van der Waals surface area contributed by atoms with Crippen LogP contribution in [0, 0.1) is 6.92 Å². The van der Waals surface area contributed by atoms with Crippen molar-refractivity contribution in [2.75, 3.05) is 5.32 Å². The number of aromatic nitrogens is 6. The van der Waals surface area contributed by atoms with Crippen molar-refractivity contribution in [3.63, 3.8) is 0 Å². The third kappa shape index (κ3) is 5.44. The highest BCUT2D eigenvalue weighted by Crippen LogP contribution is 2.29. The first-order valence-corrected chi connectivity index (χ1v) is 9.42. The topological polar surface area (TPSA) is 129 Å². The van der Waals surface area contributed by atoms with Gasteiger partial charge in [0.05, 0.1) is 35.9 Å². The zero-order valence-corrected chi connectivity index (χ0v) is 17.0. The fourth-order valence-electron chi connectivity index (χ4n) is 2.84. The van der Waals surface area contributed by atoms with Crippen LogP contribution in [-0.4, -0.2) is 31.5 Å². The van der Waals surface area contributed by atoms with Crippen molar-refractivity contribution in [3.8, 4) is 11.1 Å². The van der Waals surface area contributed by atoms with Crippen molar-refractivity contribution < 1.29 is 27.5 Å². The number of alkyl halides is 3. The molecule has 0 bridgehead atoms. The lowest BCUT2D eigenvalue weighted by Crippen LogP contribution is -2.35. The van der Waals surface area contributed by atoms with Crippen molar-refractivity contribution in [3.05, 3.63) is 72.2 Å². The molecule has 4 rings (SSSR count). The average molecular weight is 456 g/mol. The van der Waals surface area contributed by atoms with E-state index in [1.165, 1.54) is 10.9 Å². The summed E-state index contributed by atoms with van der Waals surface area (Å²) in [6.07, 6.45) is 3.52. The summed E-state index contributed by atoms with van der Waals surface area (Å²) >= 11 is 0. The fourth-order valence-corrected chi connectivity index (χ4v) is 2.84. The first-order chi connectivity index (χ1) is 15.8. The van der Waals surface area contributed by atoms with Crippen LogP contribution < -0.4 is 15.1 Å². The molecule has 0 amide bonds. The van der Waals surface area contributed by atoms with Gasteiger partial charge in [-0.3, -0.25) is 14.5 Å². The van der Waals surface area contributed by atoms with E-state index < -0.39 is 17.8 Å². The first kappa shape index (κ1) is 21.8. The molecule has 1 N–H and O–H groups in total. The molecule has 0 saturated heterocycles. The highest BCUT2D eigenvalue weighted by atomic mass is 19.4. The molecule has 168 valence electrons. The van der Waals surface area contributed by atoms with E-state index in [1.807, 2.05) is 13.0 Å². The van der Waals surface area contributed by atoms with Gasteiger partial charge >= 0.3 is 12.1 Å². The Balaban J connectivity index is 1.42. The molecule has 0 aliphatic heterocycles. The third-order valence-electron chi connectivity index (χ3n) is 4.42. The maximum Gasteiger partial charge on any atom is 0.417 e. The Morgan fingerprint density at radius 2 is 1.97 bits per heavy atom. The molecule has 33 heavy (non-hydrogen) atoms. The molecule has 13 heteroatoms. The van der Waals surface area contributed by atoms with Crippen LogP contribution in [0.4, 0.5) is 24.7 Å². The van der Waals surface area contributed by atoms with Crippen molar-refractivity contribution in [1.29, 1.82) is 0 Å². The second kappa shape index (κ2) is 8.98. The van der Waals surface area contributed by atoms with Gasteiger partial charge in [-0.15, -0.1) is 0 Å². The highest BCUT2D eigenvalue weighted by molar-refractivity contribution is 5.86. The summed E-state index contributed by atoms with van der Waals surface area (Å²) in [6, 6.07) is 3.50. The number of aliphatic imine (C=N–C) groups is 1. The smallest absolute Gasteiger partial charge is 0.417 e. The fraction of sp³-hybridized carbons (Fsp3) is 0.150. The standard InChI is InChI=1S/C20H15F3N8O2/c1-12-5-26-27-9-17(12)13-2-3-15(25-6-13)10-31-11-18(33-30-31)29-19(32)28-16-4-14(7-24-8-16)20(21,22)23/h2-9,11H,10H2,1H3,(H-,28,29,30,32). The highest BCUT2D eigenvalue weighted by Gasteiger charge is 2.31. The SMILES string of the molecule is Cc1cnncc1-c1ccc(C[n+]2cc(N=C([O-])Nc3cncc(C(F)(F)F)c3)on2)nc1. The van der Waals surface area contributed by atoms with Crippen LogP contribution in [0.25, 0.3) is 11.1 Å². The predicted molar refractivity (Wildman–Crippen MR) is 106 cm³/mol. The number of aryl methyl sites for hydroxylation is 1. The Hall–Kier alpha value is -4.42. The number of halogens is 3. The van der Waals surface area contributed by atoms with E-state index >= 15 is 0 Å². The van der Waals surface area contributed by atoms with E-state index in [1.54, 1.807) is 24.7 Å². The number of nitrogens with zero attached hydrogens (tertiary/aromatic N) is 7. The van der Waals surface area contributed by atoms with Crippen LogP contribution in [0.1, 0.15) is 16.8 Å². The Labute approximate surface area is 184 Å². The van der Waals surface area contributed by atoms with E-state index in [2.05, 4.69) is 35.7 Å². The predicted octanol–water partition coefficient (Wildman–Crippen LogP) is 2.04. The molecule has 4 heterocycles. The largest absolute Gasteiger partial charge is 0.846 e. The molecule has 0 fully saturated rings. The second-order valence-corrected chi connectivity index (χ2v) is 6.86. The minimum Gasteiger partial charge on any atom is -0.846 e. The van der Waals surface area contributed by atoms with Gasteiger partial charge in [0.15, 0.2) is 0 Å². The summed E-state index contributed by atoms with van der Waals surface area (Å²) in [5, 5.41) is 25.7. The van der Waals surface area contributed by atoms with Gasteiger partial charge in [-0.1, -0.05) is 6.07 Å². The number of amidine groups is 1. The first-order valence-electron chi connectivity index (χ1n) is 9.42. The number of anilines is 1. The molecule has 10 nitrogen and oxygen atoms in total. The number of pyridine rings is 2. The number of nitrogens with one attached hydrogen (secondary N) is 1. The van der Waals surface area contributed by atoms with Crippen LogP contribution in [-0.2, 0) is 12.7 Å². The zero-order chi connectivity index (χ0) is 23.4. The van der Waals surface area contributed by atoms with Gasteiger partial charge in [-0.25, -0.2) is 4.99 Å². The Kier molecular flexibility index (Phi) is 5.93. The molecule has 0 aliphatic carbocycles. The van der Waals surface area contributed by atoms with E-state index in [0.29, 0.717) is 11.9 Å². The molecule has 0 radical (unpaired) electrons. The normalized spacial score (nSPS) is 12.1. The summed E-state index contributed by atoms with van der Waals surface area (Å²) in [7, 11) is 0. The Bertz CT molecular complexity index is 1290. The molecule has 0 spiro atoms. The van der Waals surface area contributed by atoms with E-state index in [-0.39, 0.29) is 18.1 Å². The van der Waals surface area contributed by atoms with Crippen LogP contribution in [0.3, 0.4) is 0 Å². The van der Waals surface area contributed by atoms with Crippen LogP contribution in [0.15, 0.2) is 64.9 Å². The average Bonchev–Trinajstić information content (AvgIpc) is 3.21. The van der Waals surface area contributed by atoms with Gasteiger partial charge < -0.3 is 10.4 Å². The minimum absolute atomic E-state index is 0.137. The van der Waals surface area contributed by atoms with Crippen molar-refractivity contribution in [1.82, 2.24) is 25.4 Å². The molecule has 0 atom stereocenters. The van der Waals surface area contributed by atoms with Gasteiger partial charge in [0.1, 0.15) is 5.69 Å². The van der Waals surface area contributed by atoms with E-state index in [4.69, 9.17) is 4.52 Å². The molecule has 4 aromatic heterocycles. The van der Waals surface area contributed by atoms with Gasteiger partial charge in [0.2, 0.25) is 11.8 Å². The summed E-state index contributed by atoms with van der Waals surface area (Å²) in [6.45, 7) is 2.17. The van der Waals surface area contributed by atoms with Crippen molar-refractivity contribution >= 4 is 17.6 Å². The van der Waals surface area contributed by atoms with E-state index in [9.17, 15) is 18.3 Å². The molecule has 0 aliphatic rings. The van der Waals surface area contributed by atoms with Crippen molar-refractivity contribution in [2.45, 2.75) is 19.6 Å². The lowest BCUT2D eigenvalue weighted by Gasteiger charge is -2.13. The maximum atomic E-state index is 12.7. The van der Waals surface area contributed by atoms with Crippen molar-refractivity contribution in [2.24, 2.45) is 4.99 Å². The van der Waals surface area contributed by atoms with E-state index in [0.717, 1.165) is 29.0 Å². The van der Waals surface area contributed by atoms with Crippen LogP contribution in [0.2, 0.25) is 0 Å². The number of rotatable bonds is 5. The van der Waals surface area contributed by atoms with Crippen LogP contribution >= 0.6 is 0 Å². The second-order valence-electron chi connectivity index (χ2n) is 6.86. The monoisotopic (exact) mass is 456 g/mol. The summed E-state index contributed by atoms with van der Waals surface area (Å²) < 4.78 is 44.6. The van der Waals surface area contributed by atoms with Crippen LogP contribution in [0.5, 0.6) is 0 Å². The lowest BCUT2D eigenvalue weighted by atomic mass is 10.1. The molecule has 0 aromatic carbocycles. The molecule has 0 saturated carbocycles. The molecular weight excluding hydrogens is 441 g/mol. The lowest BCUT2D eigenvalue weighted by molar-refractivity contribution is -0.755. The third-order valence-corrected chi connectivity index (χ3v) is 4.42. The number of hydrogen-bond donors (Lipinski definition) is 1. The van der Waals surface area contributed by atoms with Gasteiger partial charge in [-0.05, 0) is 29.3 Å². The summed E-state index contributed by atoms with van der Waals surface area (Å²) in [5.74, 6) is -0.137. The van der Waals surface area contributed by atoms with Gasteiger partial charge in [-0.2, -0.15) is 23.4 Å². The quantitative estimate of drug-likeness (QED) is 0.274. The Morgan fingerprint density at radius 3 is 2.70 bits per heavy atom. The molecular formula is C20H15F3N8O2. The minimum atomic E-state index is -4.58. The molecule has 0 unspecified atom stereocenters. The summed E-state index contributed by atoms with van der Waals surface area (Å²) in [5.41, 5.74) is 2.29. The summed E-state index contributed by atoms with van der Waals surface area (Å²) in [4.78, 5) is 11.5. The molecule has 4 aromatic rings. The zero-order valence-electron chi connectivity index (χ0n) is 17.0. The van der Waals surface area contributed by atoms with Gasteiger partial charge in [0, 0.05) is 23.5 Å². The van der Waals surface area contributed by atoms with Gasteiger partial charge in [0.25, 0.3) is 6.20 Å².